The van der Waals surface area contributed by atoms with E-state index < -0.39 is 11.4 Å². The van der Waals surface area contributed by atoms with E-state index in [-0.39, 0.29) is 33.9 Å². The molecule has 0 unspecified atom stereocenters. The first-order valence-electron chi connectivity index (χ1n) is 12.8. The van der Waals surface area contributed by atoms with Crippen LogP contribution in [0, 0.1) is 0 Å². The third-order valence-electron chi connectivity index (χ3n) is 7.49. The molecule has 4 aromatic rings. The highest BCUT2D eigenvalue weighted by molar-refractivity contribution is 6.10. The Balaban J connectivity index is 1.55. The highest BCUT2D eigenvalue weighted by Gasteiger charge is 2.48. The predicted molar refractivity (Wildman–Crippen MR) is 146 cm³/mol. The summed E-state index contributed by atoms with van der Waals surface area (Å²) in [6, 6.07) is 21.0. The number of aliphatic hydroxyl groups is 1. The van der Waals surface area contributed by atoms with E-state index in [0.717, 1.165) is 10.8 Å². The number of hydrogen-bond donors (Lipinski definition) is 1. The minimum Gasteiger partial charge on any atom is -0.507 e. The fourth-order valence-corrected chi connectivity index (χ4v) is 5.25. The number of rotatable bonds is 6. The standard InChI is InChI=1S/C32H28O6/c1-4-24-28(34)27-25(33)18-26(38-30(27)32(5-2,6-3)29(24)35)22-13-12-21-17-23(15-14-20(21)16-22)37-31(36)19-10-8-7-9-11-19/h7-18,34H,4-6H2,1-3H3. The number of aliphatic hydroxyl groups excluding tert-OH is 1. The van der Waals surface area contributed by atoms with Crippen LogP contribution in [-0.2, 0) is 10.2 Å². The topological polar surface area (TPSA) is 93.8 Å². The van der Waals surface area contributed by atoms with Gasteiger partial charge in [-0.1, -0.05) is 57.2 Å². The maximum Gasteiger partial charge on any atom is 0.343 e. The Morgan fingerprint density at radius 2 is 1.58 bits per heavy atom. The first-order chi connectivity index (χ1) is 18.3. The summed E-state index contributed by atoms with van der Waals surface area (Å²) in [6.07, 6.45) is 1.22. The van der Waals surface area contributed by atoms with Crippen LogP contribution in [0.4, 0.5) is 0 Å². The van der Waals surface area contributed by atoms with Gasteiger partial charge in [0.05, 0.1) is 11.0 Å². The van der Waals surface area contributed by atoms with Crippen molar-refractivity contribution < 1.29 is 23.8 Å². The molecule has 0 saturated heterocycles. The minimum atomic E-state index is -1.00. The number of fused-ring (bicyclic) bond motifs is 2. The maximum absolute atomic E-state index is 13.4. The summed E-state index contributed by atoms with van der Waals surface area (Å²) >= 11 is 0. The molecular weight excluding hydrogens is 480 g/mol. The van der Waals surface area contributed by atoms with E-state index in [9.17, 15) is 19.5 Å². The number of hydrogen-bond acceptors (Lipinski definition) is 6. The average molecular weight is 509 g/mol. The Morgan fingerprint density at radius 1 is 0.895 bits per heavy atom. The molecule has 5 rings (SSSR count). The largest absolute Gasteiger partial charge is 0.507 e. The molecule has 1 aliphatic carbocycles. The Morgan fingerprint density at radius 3 is 2.26 bits per heavy atom. The molecule has 1 aromatic heterocycles. The normalized spacial score (nSPS) is 14.4. The van der Waals surface area contributed by atoms with Crippen molar-refractivity contribution in [2.75, 3.05) is 0 Å². The number of allylic oxidation sites excluding steroid dienone is 1. The van der Waals surface area contributed by atoms with Gasteiger partial charge in [0.25, 0.3) is 0 Å². The number of benzene rings is 3. The van der Waals surface area contributed by atoms with E-state index in [1.54, 1.807) is 43.3 Å². The van der Waals surface area contributed by atoms with Crippen LogP contribution in [0.25, 0.3) is 27.9 Å². The van der Waals surface area contributed by atoms with E-state index >= 15 is 0 Å². The molecule has 0 saturated carbocycles. The smallest absolute Gasteiger partial charge is 0.343 e. The van der Waals surface area contributed by atoms with Crippen molar-refractivity contribution in [3.63, 3.8) is 0 Å². The molecule has 0 atom stereocenters. The highest BCUT2D eigenvalue weighted by atomic mass is 16.5. The molecule has 0 fully saturated rings. The predicted octanol–water partition coefficient (Wildman–Crippen LogP) is 7.00. The lowest BCUT2D eigenvalue weighted by Gasteiger charge is -2.35. The molecule has 1 aliphatic rings. The Labute approximate surface area is 220 Å². The van der Waals surface area contributed by atoms with Crippen LogP contribution < -0.4 is 10.2 Å². The van der Waals surface area contributed by atoms with Gasteiger partial charge < -0.3 is 14.3 Å². The summed E-state index contributed by atoms with van der Waals surface area (Å²) in [4.78, 5) is 39.1. The van der Waals surface area contributed by atoms with Crippen LogP contribution >= 0.6 is 0 Å². The molecular formula is C32H28O6. The first kappa shape index (κ1) is 25.2. The second-order valence-electron chi connectivity index (χ2n) is 9.46. The number of esters is 1. The summed E-state index contributed by atoms with van der Waals surface area (Å²) < 4.78 is 11.8. The van der Waals surface area contributed by atoms with E-state index in [1.807, 2.05) is 44.2 Å². The summed E-state index contributed by atoms with van der Waals surface area (Å²) in [5, 5.41) is 12.5. The number of Topliss-reactive ketones (excluding diaryl/α,β-unsaturated/α-hetero) is 1. The Bertz CT molecular complexity index is 1650. The third kappa shape index (κ3) is 4.02. The molecule has 3 aromatic carbocycles. The van der Waals surface area contributed by atoms with Gasteiger partial charge in [-0.25, -0.2) is 4.79 Å². The number of carbonyl (C=O) groups is 2. The van der Waals surface area contributed by atoms with Gasteiger partial charge in [-0.2, -0.15) is 0 Å². The Kier molecular flexibility index (Phi) is 6.49. The van der Waals surface area contributed by atoms with Crippen LogP contribution in [0.15, 0.2) is 87.6 Å². The zero-order valence-corrected chi connectivity index (χ0v) is 21.5. The van der Waals surface area contributed by atoms with Crippen molar-refractivity contribution in [1.82, 2.24) is 0 Å². The summed E-state index contributed by atoms with van der Waals surface area (Å²) in [7, 11) is 0. The van der Waals surface area contributed by atoms with Crippen LogP contribution in [0.1, 0.15) is 61.7 Å². The SMILES string of the molecule is CCC1=C(O)c2c(oc(-c3ccc4cc(OC(=O)c5ccccc5)ccc4c3)cc2=O)C(CC)(CC)C1=O. The Hall–Kier alpha value is -4.45. The molecule has 6 heteroatoms. The molecule has 0 radical (unpaired) electrons. The van der Waals surface area contributed by atoms with Crippen molar-refractivity contribution in [2.24, 2.45) is 0 Å². The van der Waals surface area contributed by atoms with Crippen molar-refractivity contribution >= 4 is 28.3 Å². The molecule has 38 heavy (non-hydrogen) atoms. The van der Waals surface area contributed by atoms with Crippen LogP contribution in [-0.4, -0.2) is 16.9 Å². The summed E-state index contributed by atoms with van der Waals surface area (Å²) in [5.74, 6) is 0.0660. The molecule has 1 heterocycles. The van der Waals surface area contributed by atoms with Gasteiger partial charge in [0, 0.05) is 17.2 Å². The van der Waals surface area contributed by atoms with Crippen LogP contribution in [0.5, 0.6) is 5.75 Å². The van der Waals surface area contributed by atoms with Crippen LogP contribution in [0.3, 0.4) is 0 Å². The zero-order valence-electron chi connectivity index (χ0n) is 21.5. The van der Waals surface area contributed by atoms with Crippen molar-refractivity contribution in [1.29, 1.82) is 0 Å². The van der Waals surface area contributed by atoms with Gasteiger partial charge >= 0.3 is 5.97 Å². The van der Waals surface area contributed by atoms with Gasteiger partial charge in [0.2, 0.25) is 0 Å². The van der Waals surface area contributed by atoms with Gasteiger partial charge in [0.1, 0.15) is 28.6 Å². The fourth-order valence-electron chi connectivity index (χ4n) is 5.25. The molecule has 0 amide bonds. The van der Waals surface area contributed by atoms with E-state index in [1.165, 1.54) is 6.07 Å². The van der Waals surface area contributed by atoms with Gasteiger partial charge in [-0.05, 0) is 60.4 Å². The number of carbonyl (C=O) groups excluding carboxylic acids is 2. The van der Waals surface area contributed by atoms with Gasteiger partial charge in [-0.3, -0.25) is 9.59 Å². The lowest BCUT2D eigenvalue weighted by Crippen LogP contribution is -2.41. The van der Waals surface area contributed by atoms with E-state index in [0.29, 0.717) is 41.9 Å². The second-order valence-corrected chi connectivity index (χ2v) is 9.46. The number of ketones is 1. The maximum atomic E-state index is 13.4. The molecule has 0 bridgehead atoms. The van der Waals surface area contributed by atoms with Gasteiger partial charge in [0.15, 0.2) is 11.2 Å². The molecule has 0 spiro atoms. The van der Waals surface area contributed by atoms with Crippen molar-refractivity contribution in [3.8, 4) is 17.1 Å². The van der Waals surface area contributed by atoms with Gasteiger partial charge in [-0.15, -0.1) is 0 Å². The lowest BCUT2D eigenvalue weighted by molar-refractivity contribution is -0.122. The lowest BCUT2D eigenvalue weighted by atomic mass is 9.68. The molecule has 1 N–H and O–H groups in total. The van der Waals surface area contributed by atoms with Crippen molar-refractivity contribution in [2.45, 2.75) is 45.4 Å². The zero-order chi connectivity index (χ0) is 27.0. The third-order valence-corrected chi connectivity index (χ3v) is 7.49. The van der Waals surface area contributed by atoms with E-state index in [2.05, 4.69) is 0 Å². The first-order valence-corrected chi connectivity index (χ1v) is 12.8. The second kappa shape index (κ2) is 9.78. The quantitative estimate of drug-likeness (QED) is 0.223. The fraction of sp³-hybridized carbons (Fsp3) is 0.219. The van der Waals surface area contributed by atoms with Crippen molar-refractivity contribution in [3.05, 3.63) is 105 Å². The monoisotopic (exact) mass is 508 g/mol. The number of ether oxygens (including phenoxy) is 1. The minimum absolute atomic E-state index is 0.0829. The molecule has 192 valence electrons. The van der Waals surface area contributed by atoms with E-state index in [4.69, 9.17) is 9.15 Å². The molecule has 0 aliphatic heterocycles. The summed E-state index contributed by atoms with van der Waals surface area (Å²) in [6.45, 7) is 5.58. The summed E-state index contributed by atoms with van der Waals surface area (Å²) in [5.41, 5.74) is 0.0917. The highest BCUT2D eigenvalue weighted by Crippen LogP contribution is 2.44. The van der Waals surface area contributed by atoms with Crippen LogP contribution in [0.2, 0.25) is 0 Å². The molecule has 6 nitrogen and oxygen atoms in total. The average Bonchev–Trinajstić information content (AvgIpc) is 2.94.